The van der Waals surface area contributed by atoms with Crippen molar-refractivity contribution in [2.45, 2.75) is 70.3 Å². The lowest BCUT2D eigenvalue weighted by Gasteiger charge is -2.43. The maximum absolute atomic E-state index is 12.5. The van der Waals surface area contributed by atoms with Crippen molar-refractivity contribution < 1.29 is 9.90 Å². The van der Waals surface area contributed by atoms with Crippen LogP contribution in [-0.4, -0.2) is 41.6 Å². The number of likely N-dealkylation sites (tertiary alicyclic amines) is 1. The van der Waals surface area contributed by atoms with Crippen LogP contribution in [0.3, 0.4) is 0 Å². The summed E-state index contributed by atoms with van der Waals surface area (Å²) in [6, 6.07) is 6.87. The van der Waals surface area contributed by atoms with Crippen molar-refractivity contribution in [1.82, 2.24) is 10.2 Å². The number of aromatic hydroxyl groups is 1. The molecule has 1 aliphatic heterocycles. The number of benzene rings is 1. The smallest absolute Gasteiger partial charge is 0.251 e. The molecule has 3 fully saturated rings. The van der Waals surface area contributed by atoms with Gasteiger partial charge in [0.2, 0.25) is 0 Å². The quantitative estimate of drug-likeness (QED) is 0.799. The predicted octanol–water partition coefficient (Wildman–Crippen LogP) is 4.58. The third-order valence-corrected chi connectivity index (χ3v) is 7.40. The summed E-state index contributed by atoms with van der Waals surface area (Å²) in [5, 5.41) is 12.6. The van der Waals surface area contributed by atoms with Crippen molar-refractivity contribution in [3.05, 3.63) is 29.8 Å². The molecule has 0 spiro atoms. The topological polar surface area (TPSA) is 52.6 Å². The first-order valence-corrected chi connectivity index (χ1v) is 11.5. The molecule has 2 N–H and O–H groups in total. The minimum atomic E-state index is -0.00157. The average molecular weight is 385 g/mol. The van der Waals surface area contributed by atoms with E-state index in [2.05, 4.69) is 10.2 Å². The highest BCUT2D eigenvalue weighted by Gasteiger charge is 2.36. The van der Waals surface area contributed by atoms with Crippen molar-refractivity contribution in [3.63, 3.8) is 0 Å². The normalized spacial score (nSPS) is 31.6. The minimum absolute atomic E-state index is 0.00157. The van der Waals surface area contributed by atoms with Crippen molar-refractivity contribution in [2.24, 2.45) is 17.8 Å². The molecule has 1 aromatic rings. The molecule has 3 aliphatic rings. The van der Waals surface area contributed by atoms with Gasteiger partial charge in [0, 0.05) is 18.2 Å². The molecule has 0 bridgehead atoms. The zero-order valence-electron chi connectivity index (χ0n) is 17.1. The Hall–Kier alpha value is -1.55. The zero-order valence-corrected chi connectivity index (χ0v) is 17.1. The van der Waals surface area contributed by atoms with Gasteiger partial charge in [-0.2, -0.15) is 0 Å². The second kappa shape index (κ2) is 9.30. The standard InChI is InChI=1S/C24H36N2O2/c27-23-11-8-19(9-12-23)24(28)25-22-10-7-20-15-18(5-6-21(20)16-22)17-26-13-3-1-2-4-14-26/h8-9,11-12,18,20-22,27H,1-7,10,13-17H2,(H,25,28). The number of nitrogens with zero attached hydrogens (tertiary/aromatic N) is 1. The Kier molecular flexibility index (Phi) is 6.56. The second-order valence-electron chi connectivity index (χ2n) is 9.44. The van der Waals surface area contributed by atoms with E-state index in [0.29, 0.717) is 11.6 Å². The maximum Gasteiger partial charge on any atom is 0.251 e. The zero-order chi connectivity index (χ0) is 19.3. The van der Waals surface area contributed by atoms with E-state index in [9.17, 15) is 9.90 Å². The molecule has 2 aliphatic carbocycles. The number of rotatable bonds is 4. The largest absolute Gasteiger partial charge is 0.508 e. The molecule has 28 heavy (non-hydrogen) atoms. The number of fused-ring (bicyclic) bond motifs is 1. The summed E-state index contributed by atoms with van der Waals surface area (Å²) in [4.78, 5) is 15.2. The van der Waals surface area contributed by atoms with Crippen molar-refractivity contribution >= 4 is 5.91 Å². The molecular weight excluding hydrogens is 348 g/mol. The Labute approximate surface area is 169 Å². The fourth-order valence-electron chi connectivity index (χ4n) is 5.85. The number of phenols is 1. The van der Waals surface area contributed by atoms with Crippen molar-refractivity contribution in [2.75, 3.05) is 19.6 Å². The summed E-state index contributed by atoms with van der Waals surface area (Å²) in [5.41, 5.74) is 0.640. The molecule has 4 heteroatoms. The van der Waals surface area contributed by atoms with Crippen LogP contribution in [-0.2, 0) is 0 Å². The molecule has 4 atom stereocenters. The molecule has 1 heterocycles. The molecule has 0 aromatic heterocycles. The van der Waals surface area contributed by atoms with E-state index < -0.39 is 0 Å². The van der Waals surface area contributed by atoms with Gasteiger partial charge < -0.3 is 15.3 Å². The van der Waals surface area contributed by atoms with E-state index in [1.807, 2.05) is 0 Å². The Morgan fingerprint density at radius 1 is 0.929 bits per heavy atom. The summed E-state index contributed by atoms with van der Waals surface area (Å²) >= 11 is 0. The lowest BCUT2D eigenvalue weighted by atomic mass is 9.66. The van der Waals surface area contributed by atoms with E-state index in [1.165, 1.54) is 71.0 Å². The van der Waals surface area contributed by atoms with E-state index in [4.69, 9.17) is 0 Å². The number of carbonyl (C=O) groups excluding carboxylic acids is 1. The Morgan fingerprint density at radius 2 is 1.61 bits per heavy atom. The van der Waals surface area contributed by atoms with Crippen LogP contribution in [0.25, 0.3) is 0 Å². The molecule has 4 nitrogen and oxygen atoms in total. The van der Waals surface area contributed by atoms with Gasteiger partial charge in [0.15, 0.2) is 0 Å². The lowest BCUT2D eigenvalue weighted by Crippen LogP contribution is -2.43. The molecule has 4 rings (SSSR count). The van der Waals surface area contributed by atoms with Gasteiger partial charge in [-0.1, -0.05) is 12.8 Å². The third-order valence-electron chi connectivity index (χ3n) is 7.40. The average Bonchev–Trinajstić information content (AvgIpc) is 2.97. The van der Waals surface area contributed by atoms with Gasteiger partial charge >= 0.3 is 0 Å². The first-order valence-electron chi connectivity index (χ1n) is 11.5. The number of hydrogen-bond acceptors (Lipinski definition) is 3. The molecule has 1 saturated heterocycles. The van der Waals surface area contributed by atoms with Crippen molar-refractivity contribution in [3.8, 4) is 5.75 Å². The summed E-state index contributed by atoms with van der Waals surface area (Å²) in [6.45, 7) is 3.95. The van der Waals surface area contributed by atoms with Crippen LogP contribution in [0.2, 0.25) is 0 Å². The SMILES string of the molecule is O=C(NC1CCC2CC(CN3CCCCCC3)CCC2C1)c1ccc(O)cc1. The molecule has 4 unspecified atom stereocenters. The summed E-state index contributed by atoms with van der Waals surface area (Å²) in [5.74, 6) is 2.75. The summed E-state index contributed by atoms with van der Waals surface area (Å²) < 4.78 is 0. The van der Waals surface area contributed by atoms with Crippen LogP contribution >= 0.6 is 0 Å². The van der Waals surface area contributed by atoms with E-state index in [-0.39, 0.29) is 11.7 Å². The highest BCUT2D eigenvalue weighted by Crippen LogP contribution is 2.43. The highest BCUT2D eigenvalue weighted by molar-refractivity contribution is 5.94. The number of amides is 1. The number of carbonyl (C=O) groups is 1. The van der Waals surface area contributed by atoms with Gasteiger partial charge in [-0.15, -0.1) is 0 Å². The number of phenolic OH excluding ortho intramolecular Hbond substituents is 1. The third kappa shape index (κ3) is 5.08. The molecule has 1 amide bonds. The van der Waals surface area contributed by atoms with Crippen LogP contribution in [0.5, 0.6) is 5.75 Å². The fourth-order valence-corrected chi connectivity index (χ4v) is 5.85. The first-order chi connectivity index (χ1) is 13.7. The second-order valence-corrected chi connectivity index (χ2v) is 9.44. The minimum Gasteiger partial charge on any atom is -0.508 e. The predicted molar refractivity (Wildman–Crippen MR) is 112 cm³/mol. The molecule has 1 aromatic carbocycles. The first kappa shape index (κ1) is 19.8. The van der Waals surface area contributed by atoms with Gasteiger partial charge in [0.05, 0.1) is 0 Å². The fraction of sp³-hybridized carbons (Fsp3) is 0.708. The van der Waals surface area contributed by atoms with Gasteiger partial charge in [0.1, 0.15) is 5.75 Å². The Bertz CT molecular complexity index is 637. The maximum atomic E-state index is 12.5. The van der Waals surface area contributed by atoms with E-state index in [1.54, 1.807) is 24.3 Å². The Balaban J connectivity index is 1.24. The Morgan fingerprint density at radius 3 is 2.36 bits per heavy atom. The van der Waals surface area contributed by atoms with Crippen LogP contribution in [0.15, 0.2) is 24.3 Å². The molecule has 2 saturated carbocycles. The number of nitrogens with one attached hydrogen (secondary N) is 1. The molecular formula is C24H36N2O2. The van der Waals surface area contributed by atoms with Gasteiger partial charge in [-0.3, -0.25) is 4.79 Å². The van der Waals surface area contributed by atoms with Crippen LogP contribution in [0.1, 0.15) is 74.6 Å². The monoisotopic (exact) mass is 384 g/mol. The lowest BCUT2D eigenvalue weighted by molar-refractivity contribution is 0.0776. The molecule has 0 radical (unpaired) electrons. The number of hydrogen-bond donors (Lipinski definition) is 2. The summed E-state index contributed by atoms with van der Waals surface area (Å²) in [7, 11) is 0. The van der Waals surface area contributed by atoms with E-state index in [0.717, 1.165) is 30.6 Å². The van der Waals surface area contributed by atoms with Gasteiger partial charge in [0.25, 0.3) is 5.91 Å². The van der Waals surface area contributed by atoms with Crippen molar-refractivity contribution in [1.29, 1.82) is 0 Å². The van der Waals surface area contributed by atoms with Crippen LogP contribution in [0, 0.1) is 17.8 Å². The highest BCUT2D eigenvalue weighted by atomic mass is 16.3. The molecule has 154 valence electrons. The van der Waals surface area contributed by atoms with Gasteiger partial charge in [-0.05, 0) is 106 Å². The van der Waals surface area contributed by atoms with E-state index >= 15 is 0 Å². The van der Waals surface area contributed by atoms with Gasteiger partial charge in [-0.25, -0.2) is 0 Å². The van der Waals surface area contributed by atoms with Crippen LogP contribution < -0.4 is 5.32 Å². The van der Waals surface area contributed by atoms with Crippen LogP contribution in [0.4, 0.5) is 0 Å². The summed E-state index contributed by atoms with van der Waals surface area (Å²) in [6.07, 6.45) is 13.3.